The first kappa shape index (κ1) is 16.9. The summed E-state index contributed by atoms with van der Waals surface area (Å²) < 4.78 is 27.8. The summed E-state index contributed by atoms with van der Waals surface area (Å²) in [5.41, 5.74) is 0. The van der Waals surface area contributed by atoms with Crippen LogP contribution in [0.3, 0.4) is 0 Å². The highest BCUT2D eigenvalue weighted by Crippen LogP contribution is 2.34. The molecule has 2 rings (SSSR count). The van der Waals surface area contributed by atoms with Gasteiger partial charge in [0.15, 0.2) is 9.84 Å². The Balaban J connectivity index is 2.05. The maximum atomic E-state index is 12.5. The predicted octanol–water partition coefficient (Wildman–Crippen LogP) is 2.34. The molecule has 7 heteroatoms. The molecule has 1 fully saturated rings. The van der Waals surface area contributed by atoms with Gasteiger partial charge in [0.05, 0.1) is 17.1 Å². The van der Waals surface area contributed by atoms with Gasteiger partial charge in [-0.1, -0.05) is 0 Å². The quantitative estimate of drug-likeness (QED) is 0.869. The third kappa shape index (κ3) is 3.63. The number of rotatable bonds is 6. The molecule has 124 valence electrons. The van der Waals surface area contributed by atoms with Crippen LogP contribution in [-0.4, -0.2) is 42.9 Å². The second-order valence-corrected chi connectivity index (χ2v) is 9.17. The van der Waals surface area contributed by atoms with E-state index in [-0.39, 0.29) is 24.7 Å². The van der Waals surface area contributed by atoms with Crippen LogP contribution in [0.15, 0.2) is 22.8 Å². The molecule has 1 N–H and O–H groups in total. The molecule has 0 radical (unpaired) electrons. The number of urea groups is 1. The van der Waals surface area contributed by atoms with Gasteiger partial charge in [0.2, 0.25) is 0 Å². The van der Waals surface area contributed by atoms with E-state index in [2.05, 4.69) is 5.32 Å². The molecule has 0 spiro atoms. The molecule has 2 amide bonds. The molecule has 6 nitrogen and oxygen atoms in total. The Bertz CT molecular complexity index is 618. The number of furan rings is 1. The van der Waals surface area contributed by atoms with Crippen molar-refractivity contribution in [3.63, 3.8) is 0 Å². The fraction of sp³-hybridized carbons (Fsp3) is 0.667. The van der Waals surface area contributed by atoms with Crippen molar-refractivity contribution in [2.24, 2.45) is 0 Å². The van der Waals surface area contributed by atoms with Crippen molar-refractivity contribution in [2.45, 2.75) is 50.4 Å². The number of hydrogen-bond donors (Lipinski definition) is 1. The van der Waals surface area contributed by atoms with Crippen molar-refractivity contribution < 1.29 is 17.6 Å². The molecule has 1 aliphatic rings. The molecule has 1 aromatic rings. The molecular weight excluding hydrogens is 304 g/mol. The summed E-state index contributed by atoms with van der Waals surface area (Å²) in [7, 11) is -3.24. The first-order valence-electron chi connectivity index (χ1n) is 7.42. The highest BCUT2D eigenvalue weighted by molar-refractivity contribution is 7.92. The molecule has 0 aromatic carbocycles. The monoisotopic (exact) mass is 328 g/mol. The molecule has 0 aliphatic heterocycles. The van der Waals surface area contributed by atoms with E-state index in [1.807, 2.05) is 13.0 Å². The van der Waals surface area contributed by atoms with Gasteiger partial charge in [-0.3, -0.25) is 0 Å². The van der Waals surface area contributed by atoms with Gasteiger partial charge in [0.25, 0.3) is 0 Å². The predicted molar refractivity (Wildman–Crippen MR) is 84.3 cm³/mol. The van der Waals surface area contributed by atoms with Crippen molar-refractivity contribution in [1.82, 2.24) is 10.2 Å². The van der Waals surface area contributed by atoms with Crippen LogP contribution in [0.2, 0.25) is 0 Å². The third-order valence-electron chi connectivity index (χ3n) is 4.22. The van der Waals surface area contributed by atoms with Gasteiger partial charge in [-0.2, -0.15) is 0 Å². The highest BCUT2D eigenvalue weighted by atomic mass is 32.2. The van der Waals surface area contributed by atoms with Crippen LogP contribution in [-0.2, 0) is 9.84 Å². The van der Waals surface area contributed by atoms with Crippen molar-refractivity contribution >= 4 is 15.9 Å². The zero-order chi connectivity index (χ0) is 16.5. The van der Waals surface area contributed by atoms with Crippen LogP contribution in [0.4, 0.5) is 4.79 Å². The van der Waals surface area contributed by atoms with Crippen molar-refractivity contribution in [3.05, 3.63) is 24.2 Å². The average Bonchev–Trinajstić information content (AvgIpc) is 3.07. The van der Waals surface area contributed by atoms with Crippen molar-refractivity contribution in [2.75, 3.05) is 12.8 Å². The Morgan fingerprint density at radius 2 is 2.14 bits per heavy atom. The summed E-state index contributed by atoms with van der Waals surface area (Å²) in [5, 5.41) is 2.76. The number of nitrogens with zero attached hydrogens (tertiary/aromatic N) is 1. The lowest BCUT2D eigenvalue weighted by atomic mass is 10.2. The van der Waals surface area contributed by atoms with Crippen molar-refractivity contribution in [1.29, 1.82) is 0 Å². The minimum absolute atomic E-state index is 0.0821. The van der Waals surface area contributed by atoms with Gasteiger partial charge in [-0.15, -0.1) is 0 Å². The van der Waals surface area contributed by atoms with Gasteiger partial charge in [0, 0.05) is 18.8 Å². The number of nitrogens with one attached hydrogen (secondary N) is 1. The number of carbonyl (C=O) groups excluding carboxylic acids is 1. The Hall–Kier alpha value is -1.50. The van der Waals surface area contributed by atoms with E-state index in [0.717, 1.165) is 18.6 Å². The average molecular weight is 328 g/mol. The number of amides is 2. The molecule has 1 heterocycles. The summed E-state index contributed by atoms with van der Waals surface area (Å²) in [6.45, 7) is 5.22. The maximum Gasteiger partial charge on any atom is 0.318 e. The largest absolute Gasteiger partial charge is 0.467 e. The highest BCUT2D eigenvalue weighted by Gasteiger charge is 2.38. The van der Waals surface area contributed by atoms with E-state index in [1.165, 1.54) is 6.26 Å². The normalized spacial score (nSPS) is 17.1. The molecule has 0 unspecified atom stereocenters. The topological polar surface area (TPSA) is 79.6 Å². The van der Waals surface area contributed by atoms with E-state index in [1.54, 1.807) is 31.1 Å². The van der Waals surface area contributed by atoms with Crippen LogP contribution in [0, 0.1) is 0 Å². The summed E-state index contributed by atoms with van der Waals surface area (Å²) in [4.78, 5) is 14.3. The smallest absolute Gasteiger partial charge is 0.318 e. The Labute approximate surface area is 131 Å². The molecule has 0 bridgehead atoms. The fourth-order valence-electron chi connectivity index (χ4n) is 2.19. The summed E-state index contributed by atoms with van der Waals surface area (Å²) in [6, 6.07) is 3.41. The molecule has 1 atom stereocenters. The first-order valence-corrected chi connectivity index (χ1v) is 9.32. The number of sulfone groups is 1. The lowest BCUT2D eigenvalue weighted by molar-refractivity contribution is 0.165. The standard InChI is InChI=1S/C15H24N2O4S/c1-11(13-6-5-9-21-13)17(12-7-8-12)14(18)16-10-15(2,3)22(4,19)20/h5-6,9,11-12H,7-8,10H2,1-4H3,(H,16,18)/t11-/m0/s1. The van der Waals surface area contributed by atoms with Gasteiger partial charge in [-0.05, 0) is 45.7 Å². The second kappa shape index (κ2) is 5.95. The molecule has 1 aliphatic carbocycles. The van der Waals surface area contributed by atoms with Crippen LogP contribution < -0.4 is 5.32 Å². The fourth-order valence-corrected chi connectivity index (χ4v) is 2.52. The van der Waals surface area contributed by atoms with Crippen LogP contribution in [0.1, 0.15) is 45.4 Å². The summed E-state index contributed by atoms with van der Waals surface area (Å²) >= 11 is 0. The lowest BCUT2D eigenvalue weighted by Crippen LogP contribution is -2.49. The number of carbonyl (C=O) groups is 1. The SMILES string of the molecule is C[C@@H](c1ccco1)N(C(=O)NCC(C)(C)S(C)(=O)=O)C1CC1. The van der Waals surface area contributed by atoms with Gasteiger partial charge in [0.1, 0.15) is 5.76 Å². The summed E-state index contributed by atoms with van der Waals surface area (Å²) in [6.07, 6.45) is 4.70. The molecule has 22 heavy (non-hydrogen) atoms. The summed E-state index contributed by atoms with van der Waals surface area (Å²) in [5.74, 6) is 0.726. The Morgan fingerprint density at radius 3 is 2.59 bits per heavy atom. The minimum Gasteiger partial charge on any atom is -0.467 e. The zero-order valence-corrected chi connectivity index (χ0v) is 14.3. The Kier molecular flexibility index (Phi) is 4.56. The first-order chi connectivity index (χ1) is 10.1. The van der Waals surface area contributed by atoms with Gasteiger partial charge < -0.3 is 14.6 Å². The number of hydrogen-bond acceptors (Lipinski definition) is 4. The van der Waals surface area contributed by atoms with E-state index in [4.69, 9.17) is 4.42 Å². The van der Waals surface area contributed by atoms with Crippen molar-refractivity contribution in [3.8, 4) is 0 Å². The zero-order valence-electron chi connectivity index (χ0n) is 13.5. The van der Waals surface area contributed by atoms with Gasteiger partial charge >= 0.3 is 6.03 Å². The molecule has 1 saturated carbocycles. The minimum atomic E-state index is -3.24. The van der Waals surface area contributed by atoms with Crippen LogP contribution in [0.25, 0.3) is 0 Å². The third-order valence-corrected chi connectivity index (χ3v) is 6.37. The molecular formula is C15H24N2O4S. The second-order valence-electron chi connectivity index (χ2n) is 6.52. The van der Waals surface area contributed by atoms with E-state index < -0.39 is 14.6 Å². The van der Waals surface area contributed by atoms with Crippen LogP contribution >= 0.6 is 0 Å². The molecule has 1 aromatic heterocycles. The van der Waals surface area contributed by atoms with E-state index in [0.29, 0.717) is 0 Å². The van der Waals surface area contributed by atoms with E-state index in [9.17, 15) is 13.2 Å². The molecule has 0 saturated heterocycles. The Morgan fingerprint density at radius 1 is 1.50 bits per heavy atom. The maximum absolute atomic E-state index is 12.5. The van der Waals surface area contributed by atoms with Gasteiger partial charge in [-0.25, -0.2) is 13.2 Å². The van der Waals surface area contributed by atoms with E-state index >= 15 is 0 Å². The lowest BCUT2D eigenvalue weighted by Gasteiger charge is -2.30. The van der Waals surface area contributed by atoms with Crippen LogP contribution in [0.5, 0.6) is 0 Å².